The van der Waals surface area contributed by atoms with Crippen molar-refractivity contribution >= 4 is 11.7 Å². The van der Waals surface area contributed by atoms with E-state index in [1.165, 1.54) is 6.07 Å². The number of halogens is 1. The van der Waals surface area contributed by atoms with Gasteiger partial charge in [-0.15, -0.1) is 0 Å². The Hall–Kier alpha value is -2.47. The molecule has 2 heterocycles. The first kappa shape index (κ1) is 17.4. The molecule has 1 aliphatic heterocycles. The maximum Gasteiger partial charge on any atom is 0.257 e. The van der Waals surface area contributed by atoms with Crippen LogP contribution in [0.4, 0.5) is 10.2 Å². The predicted molar refractivity (Wildman–Crippen MR) is 93.6 cm³/mol. The van der Waals surface area contributed by atoms with E-state index in [1.807, 2.05) is 0 Å². The number of nitrogen functional groups attached to an aromatic ring is 1. The van der Waals surface area contributed by atoms with Crippen molar-refractivity contribution in [2.75, 3.05) is 19.4 Å². The normalized spacial score (nSPS) is 20.5. The summed E-state index contributed by atoms with van der Waals surface area (Å²) < 4.78 is 19.7. The van der Waals surface area contributed by atoms with Gasteiger partial charge in [-0.1, -0.05) is 18.2 Å². The molecule has 0 unspecified atom stereocenters. The molecule has 1 amide bonds. The molecule has 0 bridgehead atoms. The number of carbonyl (C=O) groups is 1. The predicted octanol–water partition coefficient (Wildman–Crippen LogP) is 2.67. The van der Waals surface area contributed by atoms with Crippen LogP contribution in [0.5, 0.6) is 0 Å². The lowest BCUT2D eigenvalue weighted by molar-refractivity contribution is -0.0119. The Balaban J connectivity index is 1.91. The van der Waals surface area contributed by atoms with Gasteiger partial charge in [-0.25, -0.2) is 9.37 Å². The van der Waals surface area contributed by atoms with E-state index in [0.717, 1.165) is 12.8 Å². The molecule has 0 spiro atoms. The van der Waals surface area contributed by atoms with Crippen LogP contribution >= 0.6 is 0 Å². The third-order valence-corrected chi connectivity index (χ3v) is 4.74. The average molecular weight is 343 g/mol. The summed E-state index contributed by atoms with van der Waals surface area (Å²) in [6.07, 6.45) is 3.48. The quantitative estimate of drug-likeness (QED) is 0.927. The third kappa shape index (κ3) is 3.64. The molecule has 1 aromatic carbocycles. The van der Waals surface area contributed by atoms with Crippen LogP contribution in [0.2, 0.25) is 0 Å². The molecule has 0 saturated carbocycles. The van der Waals surface area contributed by atoms with Gasteiger partial charge >= 0.3 is 0 Å². The summed E-state index contributed by atoms with van der Waals surface area (Å²) in [7, 11) is 1.63. The lowest BCUT2D eigenvalue weighted by Gasteiger charge is -2.41. The zero-order valence-electron chi connectivity index (χ0n) is 14.2. The summed E-state index contributed by atoms with van der Waals surface area (Å²) in [6, 6.07) is 9.75. The molecule has 0 radical (unpaired) electrons. The number of aromatic nitrogens is 1. The van der Waals surface area contributed by atoms with Gasteiger partial charge in [-0.3, -0.25) is 4.79 Å². The highest BCUT2D eigenvalue weighted by Gasteiger charge is 2.36. The smallest absolute Gasteiger partial charge is 0.257 e. The van der Waals surface area contributed by atoms with Gasteiger partial charge in [0.2, 0.25) is 0 Å². The standard InChI is InChI=1S/C19H22FN3O2/c1-25-17-9-5-11-23(19(24)14-7-4-10-22-18(14)21)16(17)12-13-6-2-3-8-15(13)20/h2-4,6-8,10,16-17H,5,9,11-12H2,1H3,(H2,21,22)/t16-,17-/m0/s1. The first-order chi connectivity index (χ1) is 12.1. The van der Waals surface area contributed by atoms with Crippen LogP contribution in [-0.4, -0.2) is 41.6 Å². The highest BCUT2D eigenvalue weighted by molar-refractivity contribution is 5.98. The van der Waals surface area contributed by atoms with Gasteiger partial charge in [0.25, 0.3) is 5.91 Å². The second-order valence-electron chi connectivity index (χ2n) is 6.21. The highest BCUT2D eigenvalue weighted by Crippen LogP contribution is 2.26. The molecule has 6 heteroatoms. The van der Waals surface area contributed by atoms with Crippen molar-refractivity contribution in [3.05, 3.63) is 59.5 Å². The van der Waals surface area contributed by atoms with Crippen molar-refractivity contribution in [3.63, 3.8) is 0 Å². The Labute approximate surface area is 146 Å². The number of nitrogens with two attached hydrogens (primary N) is 1. The number of methoxy groups -OCH3 is 1. The number of piperidine rings is 1. The van der Waals surface area contributed by atoms with E-state index < -0.39 is 0 Å². The first-order valence-corrected chi connectivity index (χ1v) is 8.39. The number of carbonyl (C=O) groups excluding carboxylic acids is 1. The fourth-order valence-corrected chi connectivity index (χ4v) is 3.43. The molecule has 0 aliphatic carbocycles. The fourth-order valence-electron chi connectivity index (χ4n) is 3.43. The van der Waals surface area contributed by atoms with Gasteiger partial charge in [-0.05, 0) is 43.0 Å². The number of hydrogen-bond acceptors (Lipinski definition) is 4. The molecule has 25 heavy (non-hydrogen) atoms. The molecular weight excluding hydrogens is 321 g/mol. The molecule has 2 atom stereocenters. The third-order valence-electron chi connectivity index (χ3n) is 4.74. The van der Waals surface area contributed by atoms with Gasteiger partial charge in [-0.2, -0.15) is 0 Å². The van der Waals surface area contributed by atoms with Crippen LogP contribution in [0.25, 0.3) is 0 Å². The van der Waals surface area contributed by atoms with E-state index in [2.05, 4.69) is 4.98 Å². The van der Waals surface area contributed by atoms with Gasteiger partial charge in [0, 0.05) is 19.9 Å². The number of pyridine rings is 1. The molecule has 5 nitrogen and oxygen atoms in total. The molecule has 2 aromatic rings. The zero-order chi connectivity index (χ0) is 17.8. The molecular formula is C19H22FN3O2. The van der Waals surface area contributed by atoms with Crippen molar-refractivity contribution < 1.29 is 13.9 Å². The van der Waals surface area contributed by atoms with Crippen LogP contribution in [0.1, 0.15) is 28.8 Å². The number of hydrogen-bond donors (Lipinski definition) is 1. The van der Waals surface area contributed by atoms with Crippen molar-refractivity contribution in [1.29, 1.82) is 0 Å². The number of benzene rings is 1. The topological polar surface area (TPSA) is 68.5 Å². The van der Waals surface area contributed by atoms with Crippen LogP contribution in [0.3, 0.4) is 0 Å². The lowest BCUT2D eigenvalue weighted by Crippen LogP contribution is -2.53. The minimum atomic E-state index is -0.267. The molecule has 1 aliphatic rings. The molecule has 3 rings (SSSR count). The van der Waals surface area contributed by atoms with Gasteiger partial charge in [0.15, 0.2) is 0 Å². The highest BCUT2D eigenvalue weighted by atomic mass is 19.1. The lowest BCUT2D eigenvalue weighted by atomic mass is 9.92. The van der Waals surface area contributed by atoms with E-state index in [4.69, 9.17) is 10.5 Å². The Morgan fingerprint density at radius 3 is 2.88 bits per heavy atom. The number of rotatable bonds is 4. The molecule has 132 valence electrons. The zero-order valence-corrected chi connectivity index (χ0v) is 14.2. The van der Waals surface area contributed by atoms with Crippen LogP contribution < -0.4 is 5.73 Å². The molecule has 1 fully saturated rings. The van der Waals surface area contributed by atoms with Crippen molar-refractivity contribution in [1.82, 2.24) is 9.88 Å². The van der Waals surface area contributed by atoms with E-state index in [1.54, 1.807) is 48.5 Å². The van der Waals surface area contributed by atoms with Crippen LogP contribution in [0.15, 0.2) is 42.6 Å². The Kier molecular flexibility index (Phi) is 5.28. The Morgan fingerprint density at radius 2 is 2.16 bits per heavy atom. The van der Waals surface area contributed by atoms with Crippen LogP contribution in [0, 0.1) is 5.82 Å². The fraction of sp³-hybridized carbons (Fsp3) is 0.368. The summed E-state index contributed by atoms with van der Waals surface area (Å²) in [4.78, 5) is 18.8. The number of amides is 1. The molecule has 1 saturated heterocycles. The Morgan fingerprint density at radius 1 is 1.36 bits per heavy atom. The van der Waals surface area contributed by atoms with E-state index >= 15 is 0 Å². The second-order valence-corrected chi connectivity index (χ2v) is 6.21. The number of nitrogens with zero attached hydrogens (tertiary/aromatic N) is 2. The molecule has 1 aromatic heterocycles. The molecule has 2 N–H and O–H groups in total. The van der Waals surface area contributed by atoms with Gasteiger partial charge in [0.05, 0.1) is 17.7 Å². The Bertz CT molecular complexity index is 753. The maximum absolute atomic E-state index is 14.1. The van der Waals surface area contributed by atoms with E-state index in [-0.39, 0.29) is 29.7 Å². The SMILES string of the molecule is CO[C@H]1CCCN(C(=O)c2cccnc2N)[C@H]1Cc1ccccc1F. The van der Waals surface area contributed by atoms with Crippen LogP contribution in [-0.2, 0) is 11.2 Å². The van der Waals surface area contributed by atoms with Gasteiger partial charge < -0.3 is 15.4 Å². The average Bonchev–Trinajstić information content (AvgIpc) is 2.63. The summed E-state index contributed by atoms with van der Waals surface area (Å²) in [6.45, 7) is 0.589. The summed E-state index contributed by atoms with van der Waals surface area (Å²) in [5.41, 5.74) is 6.82. The van der Waals surface area contributed by atoms with Crippen molar-refractivity contribution in [2.24, 2.45) is 0 Å². The van der Waals surface area contributed by atoms with Gasteiger partial charge in [0.1, 0.15) is 11.6 Å². The largest absolute Gasteiger partial charge is 0.383 e. The minimum Gasteiger partial charge on any atom is -0.383 e. The summed E-state index contributed by atoms with van der Waals surface area (Å²) >= 11 is 0. The monoisotopic (exact) mass is 343 g/mol. The number of anilines is 1. The second kappa shape index (κ2) is 7.61. The summed E-state index contributed by atoms with van der Waals surface area (Å²) in [5.74, 6) is -0.249. The van der Waals surface area contributed by atoms with E-state index in [0.29, 0.717) is 24.1 Å². The van der Waals surface area contributed by atoms with Crippen molar-refractivity contribution in [2.45, 2.75) is 31.4 Å². The van der Waals surface area contributed by atoms with E-state index in [9.17, 15) is 9.18 Å². The first-order valence-electron chi connectivity index (χ1n) is 8.39. The maximum atomic E-state index is 14.1. The summed E-state index contributed by atoms with van der Waals surface area (Å²) in [5, 5.41) is 0. The van der Waals surface area contributed by atoms with Crippen molar-refractivity contribution in [3.8, 4) is 0 Å². The number of ether oxygens (including phenoxy) is 1. The minimum absolute atomic E-state index is 0.143. The number of likely N-dealkylation sites (tertiary alicyclic amines) is 1.